The average molecular weight is 383 g/mol. The van der Waals surface area contributed by atoms with E-state index in [9.17, 15) is 14.4 Å². The van der Waals surface area contributed by atoms with Crippen molar-refractivity contribution in [2.75, 3.05) is 39.5 Å². The Morgan fingerprint density at radius 3 is 1.26 bits per heavy atom. The van der Waals surface area contributed by atoms with Crippen molar-refractivity contribution in [1.29, 1.82) is 0 Å². The smallest absolute Gasteiger partial charge is 0.311 e. The molecule has 0 aliphatic rings. The van der Waals surface area contributed by atoms with Crippen LogP contribution in [0.25, 0.3) is 31.3 Å². The highest BCUT2D eigenvalue weighted by Gasteiger charge is 2.34. The van der Waals surface area contributed by atoms with Crippen molar-refractivity contribution in [2.45, 2.75) is 13.3 Å². The van der Waals surface area contributed by atoms with Gasteiger partial charge in [-0.05, 0) is 23.0 Å². The van der Waals surface area contributed by atoms with Gasteiger partial charge >= 0.3 is 17.9 Å². The maximum atomic E-state index is 11.5. The number of rotatable bonds is 13. The third kappa shape index (κ3) is 10.7. The molecule has 0 aliphatic heterocycles. The first-order valence-electron chi connectivity index (χ1n) is 7.42. The molecule has 0 spiro atoms. The molecule has 0 aromatic carbocycles. The number of hydrogen-bond acceptors (Lipinski definition) is 9. The monoisotopic (exact) mass is 383 g/mol. The molecule has 0 saturated carbocycles. The number of esters is 3. The van der Waals surface area contributed by atoms with Crippen molar-refractivity contribution in [1.82, 2.24) is 0 Å². The lowest BCUT2D eigenvalue weighted by atomic mass is 9.88. The number of hydrogen-bond donors (Lipinski definition) is 0. The van der Waals surface area contributed by atoms with Gasteiger partial charge in [-0.1, -0.05) is 22.3 Å². The second-order valence-corrected chi connectivity index (χ2v) is 5.00. The first-order valence-corrected chi connectivity index (χ1v) is 7.42. The van der Waals surface area contributed by atoms with Gasteiger partial charge in [-0.2, -0.15) is 0 Å². The molecular formula is C12H17N9O6. The van der Waals surface area contributed by atoms with Crippen LogP contribution in [0.5, 0.6) is 0 Å². The standard InChI is InChI=1S/C12H17N9O6/c1-2-12(6-25-9(22)3-16-19-13,7-26-10(23)4-17-20-14)8-27-11(24)5-18-21-15/h2-8H2,1H3. The van der Waals surface area contributed by atoms with Gasteiger partial charge in [0, 0.05) is 14.7 Å². The van der Waals surface area contributed by atoms with E-state index in [1.54, 1.807) is 6.92 Å². The molecule has 15 nitrogen and oxygen atoms in total. The summed E-state index contributed by atoms with van der Waals surface area (Å²) in [6, 6.07) is 0. The van der Waals surface area contributed by atoms with Gasteiger partial charge in [-0.3, -0.25) is 14.4 Å². The Hall–Kier alpha value is -3.66. The van der Waals surface area contributed by atoms with E-state index in [2.05, 4.69) is 30.1 Å². The van der Waals surface area contributed by atoms with Crippen molar-refractivity contribution < 1.29 is 28.6 Å². The maximum absolute atomic E-state index is 11.5. The Kier molecular flexibility index (Phi) is 11.8. The topological polar surface area (TPSA) is 225 Å². The summed E-state index contributed by atoms with van der Waals surface area (Å²) < 4.78 is 14.9. The molecular weight excluding hydrogens is 366 g/mol. The van der Waals surface area contributed by atoms with E-state index in [1.807, 2.05) is 0 Å². The Labute approximate surface area is 152 Å². The third-order valence-electron chi connectivity index (χ3n) is 3.16. The maximum Gasteiger partial charge on any atom is 0.311 e. The molecule has 0 aromatic rings. The van der Waals surface area contributed by atoms with Gasteiger partial charge in [0.1, 0.15) is 39.5 Å². The lowest BCUT2D eigenvalue weighted by Gasteiger charge is -2.30. The van der Waals surface area contributed by atoms with E-state index >= 15 is 0 Å². The summed E-state index contributed by atoms with van der Waals surface area (Å²) in [5.74, 6) is -2.48. The lowest BCUT2D eigenvalue weighted by Crippen LogP contribution is -2.39. The van der Waals surface area contributed by atoms with Crippen LogP contribution in [0.1, 0.15) is 13.3 Å². The van der Waals surface area contributed by atoms with E-state index < -0.39 is 43.0 Å². The normalized spacial score (nSPS) is 11.4. The van der Waals surface area contributed by atoms with E-state index in [1.165, 1.54) is 0 Å². The van der Waals surface area contributed by atoms with Crippen LogP contribution >= 0.6 is 0 Å². The predicted molar refractivity (Wildman–Crippen MR) is 87.6 cm³/mol. The minimum atomic E-state index is -1.11. The zero-order chi connectivity index (χ0) is 20.5. The van der Waals surface area contributed by atoms with Crippen LogP contribution in [0.3, 0.4) is 0 Å². The summed E-state index contributed by atoms with van der Waals surface area (Å²) in [7, 11) is 0. The first-order chi connectivity index (χ1) is 12.9. The highest BCUT2D eigenvalue weighted by Crippen LogP contribution is 2.24. The summed E-state index contributed by atoms with van der Waals surface area (Å²) in [4.78, 5) is 41.8. The minimum absolute atomic E-state index is 0.255. The van der Waals surface area contributed by atoms with Crippen LogP contribution in [-0.4, -0.2) is 57.4 Å². The number of ether oxygens (including phenoxy) is 3. The molecule has 0 radical (unpaired) electrons. The lowest BCUT2D eigenvalue weighted by molar-refractivity contribution is -0.160. The van der Waals surface area contributed by atoms with Crippen LogP contribution in [0.4, 0.5) is 0 Å². The van der Waals surface area contributed by atoms with E-state index in [0.29, 0.717) is 0 Å². The highest BCUT2D eigenvalue weighted by atomic mass is 16.6. The zero-order valence-electron chi connectivity index (χ0n) is 14.4. The molecule has 0 aromatic heterocycles. The van der Waals surface area contributed by atoms with Crippen molar-refractivity contribution in [3.8, 4) is 0 Å². The molecule has 0 fully saturated rings. The van der Waals surface area contributed by atoms with Gasteiger partial charge < -0.3 is 14.2 Å². The molecule has 0 bridgehead atoms. The second kappa shape index (κ2) is 13.6. The molecule has 0 N–H and O–H groups in total. The number of azide groups is 3. The van der Waals surface area contributed by atoms with Gasteiger partial charge in [0.25, 0.3) is 0 Å². The molecule has 0 aliphatic carbocycles. The largest absolute Gasteiger partial charge is 0.465 e. The molecule has 0 atom stereocenters. The summed E-state index contributed by atoms with van der Waals surface area (Å²) in [5.41, 5.74) is 23.5. The van der Waals surface area contributed by atoms with Crippen LogP contribution in [0.2, 0.25) is 0 Å². The number of carbonyl (C=O) groups excluding carboxylic acids is 3. The Bertz CT molecular complexity index is 589. The number of carbonyl (C=O) groups is 3. The fourth-order valence-corrected chi connectivity index (χ4v) is 1.54. The Morgan fingerprint density at radius 2 is 1.04 bits per heavy atom. The quantitative estimate of drug-likeness (QED) is 0.151. The average Bonchev–Trinajstić information content (AvgIpc) is 2.68. The Morgan fingerprint density at radius 1 is 0.741 bits per heavy atom. The van der Waals surface area contributed by atoms with Crippen LogP contribution in [0.15, 0.2) is 15.3 Å². The van der Waals surface area contributed by atoms with Crippen molar-refractivity contribution in [3.05, 3.63) is 31.3 Å². The summed E-state index contributed by atoms with van der Waals surface area (Å²) in [6.45, 7) is -0.882. The fourth-order valence-electron chi connectivity index (χ4n) is 1.54. The van der Waals surface area contributed by atoms with Gasteiger partial charge in [-0.25, -0.2) is 0 Å². The molecule has 0 unspecified atom stereocenters. The van der Waals surface area contributed by atoms with Gasteiger partial charge in [0.05, 0.1) is 5.41 Å². The molecule has 0 saturated heterocycles. The predicted octanol–water partition coefficient (Wildman–Crippen LogP) is 1.94. The third-order valence-corrected chi connectivity index (χ3v) is 3.16. The zero-order valence-corrected chi connectivity index (χ0v) is 14.4. The van der Waals surface area contributed by atoms with Crippen LogP contribution < -0.4 is 0 Å². The minimum Gasteiger partial charge on any atom is -0.465 e. The second-order valence-electron chi connectivity index (χ2n) is 5.00. The summed E-state index contributed by atoms with van der Waals surface area (Å²) in [5, 5.41) is 9.17. The summed E-state index contributed by atoms with van der Waals surface area (Å²) in [6.07, 6.45) is 0.255. The van der Waals surface area contributed by atoms with Crippen molar-refractivity contribution in [3.63, 3.8) is 0 Å². The van der Waals surface area contributed by atoms with Crippen molar-refractivity contribution >= 4 is 17.9 Å². The molecule has 0 rings (SSSR count). The summed E-state index contributed by atoms with van der Waals surface area (Å²) >= 11 is 0. The highest BCUT2D eigenvalue weighted by molar-refractivity contribution is 5.73. The molecule has 15 heteroatoms. The van der Waals surface area contributed by atoms with Crippen molar-refractivity contribution in [2.24, 2.45) is 20.8 Å². The fraction of sp³-hybridized carbons (Fsp3) is 0.750. The first kappa shape index (κ1) is 23.3. The van der Waals surface area contributed by atoms with E-state index in [0.717, 1.165) is 0 Å². The molecule has 0 amide bonds. The van der Waals surface area contributed by atoms with E-state index in [-0.39, 0.29) is 26.2 Å². The van der Waals surface area contributed by atoms with Gasteiger partial charge in [0.15, 0.2) is 0 Å². The molecule has 27 heavy (non-hydrogen) atoms. The molecule has 146 valence electrons. The van der Waals surface area contributed by atoms with Crippen LogP contribution in [-0.2, 0) is 28.6 Å². The Balaban J connectivity index is 5.03. The molecule has 0 heterocycles. The van der Waals surface area contributed by atoms with Gasteiger partial charge in [-0.15, -0.1) is 0 Å². The SMILES string of the molecule is CCC(COC(=O)CN=[N+]=[N-])(COC(=O)CN=[N+]=[N-])COC(=O)CN=[N+]=[N-]. The number of nitrogens with zero attached hydrogens (tertiary/aromatic N) is 9. The van der Waals surface area contributed by atoms with Gasteiger partial charge in [0.2, 0.25) is 0 Å². The van der Waals surface area contributed by atoms with E-state index in [4.69, 9.17) is 30.8 Å². The van der Waals surface area contributed by atoms with Crippen LogP contribution in [0, 0.1) is 5.41 Å².